The molecule has 0 unspecified atom stereocenters. The quantitative estimate of drug-likeness (QED) is 0.372. The molecule has 0 saturated carbocycles. The number of rotatable bonds is 12. The van der Waals surface area contributed by atoms with Gasteiger partial charge in [-0.25, -0.2) is 4.98 Å². The van der Waals surface area contributed by atoms with E-state index < -0.39 is 0 Å². The number of aromatic nitrogens is 2. The number of aryl methyl sites for hydroxylation is 2. The molecule has 3 rings (SSSR count). The summed E-state index contributed by atoms with van der Waals surface area (Å²) in [5.74, 6) is 1.14. The lowest BCUT2D eigenvalue weighted by atomic mass is 10.1. The normalized spacial score (nSPS) is 11.4. The molecule has 35 heavy (non-hydrogen) atoms. The van der Waals surface area contributed by atoms with E-state index in [1.165, 1.54) is 0 Å². The molecule has 0 spiro atoms. The third-order valence-electron chi connectivity index (χ3n) is 6.44. The van der Waals surface area contributed by atoms with E-state index in [1.54, 1.807) is 0 Å². The summed E-state index contributed by atoms with van der Waals surface area (Å²) in [4.78, 5) is 32.2. The smallest absolute Gasteiger partial charge is 0.243 e. The number of benzene rings is 2. The molecule has 6 heteroatoms. The van der Waals surface area contributed by atoms with Gasteiger partial charge >= 0.3 is 0 Å². The van der Waals surface area contributed by atoms with Gasteiger partial charge in [0.1, 0.15) is 12.4 Å². The SMILES string of the molecule is Cc1ccccc1CC(=O)NCCCCCc1nc2ccccc2n1CC(=O)N(C(C)C)C(C)C. The molecule has 0 aliphatic rings. The van der Waals surface area contributed by atoms with E-state index in [4.69, 9.17) is 4.98 Å². The van der Waals surface area contributed by atoms with Crippen molar-refractivity contribution in [2.75, 3.05) is 6.54 Å². The van der Waals surface area contributed by atoms with Crippen LogP contribution in [0.3, 0.4) is 0 Å². The summed E-state index contributed by atoms with van der Waals surface area (Å²) in [7, 11) is 0. The highest BCUT2D eigenvalue weighted by Gasteiger charge is 2.22. The van der Waals surface area contributed by atoms with Gasteiger partial charge in [-0.3, -0.25) is 9.59 Å². The molecule has 0 radical (unpaired) electrons. The van der Waals surface area contributed by atoms with Crippen LogP contribution in [0.25, 0.3) is 11.0 Å². The van der Waals surface area contributed by atoms with Crippen molar-refractivity contribution in [3.63, 3.8) is 0 Å². The summed E-state index contributed by atoms with van der Waals surface area (Å²) in [5, 5.41) is 3.04. The van der Waals surface area contributed by atoms with Crippen LogP contribution in [0.5, 0.6) is 0 Å². The number of carbonyl (C=O) groups excluding carboxylic acids is 2. The zero-order valence-electron chi connectivity index (χ0n) is 21.9. The van der Waals surface area contributed by atoms with E-state index in [1.807, 2.05) is 60.4 Å². The predicted molar refractivity (Wildman–Crippen MR) is 142 cm³/mol. The number of nitrogens with one attached hydrogen (secondary N) is 1. The zero-order valence-corrected chi connectivity index (χ0v) is 21.9. The molecular weight excluding hydrogens is 436 g/mol. The lowest BCUT2D eigenvalue weighted by Crippen LogP contribution is -2.43. The largest absolute Gasteiger partial charge is 0.356 e. The van der Waals surface area contributed by atoms with Gasteiger partial charge in [0.2, 0.25) is 11.8 Å². The third kappa shape index (κ3) is 7.17. The molecule has 0 atom stereocenters. The summed E-state index contributed by atoms with van der Waals surface area (Å²) in [6, 6.07) is 16.3. The molecule has 1 heterocycles. The lowest BCUT2D eigenvalue weighted by Gasteiger charge is -2.31. The molecule has 0 aliphatic carbocycles. The summed E-state index contributed by atoms with van der Waals surface area (Å²) in [5.41, 5.74) is 4.16. The number of imidazole rings is 1. The first-order valence-electron chi connectivity index (χ1n) is 12.8. The van der Waals surface area contributed by atoms with Crippen molar-refractivity contribution < 1.29 is 9.59 Å². The molecule has 2 amide bonds. The number of nitrogens with zero attached hydrogens (tertiary/aromatic N) is 3. The van der Waals surface area contributed by atoms with Crippen LogP contribution >= 0.6 is 0 Å². The Kier molecular flexibility index (Phi) is 9.47. The fourth-order valence-electron chi connectivity index (χ4n) is 4.74. The van der Waals surface area contributed by atoms with E-state index in [0.29, 0.717) is 19.5 Å². The maximum absolute atomic E-state index is 13.2. The van der Waals surface area contributed by atoms with Crippen LogP contribution in [0.2, 0.25) is 0 Å². The van der Waals surface area contributed by atoms with Crippen LogP contribution in [0, 0.1) is 6.92 Å². The molecule has 2 aromatic carbocycles. The molecule has 0 aliphatic heterocycles. The first-order valence-corrected chi connectivity index (χ1v) is 12.8. The monoisotopic (exact) mass is 476 g/mol. The summed E-state index contributed by atoms with van der Waals surface area (Å²) in [6.45, 7) is 11.3. The standard InChI is InChI=1S/C29H40N4O2/c1-21(2)33(22(3)4)29(35)20-32-26-16-11-10-15-25(26)31-27(32)17-7-6-12-18-30-28(34)19-24-14-9-8-13-23(24)5/h8-11,13-16,21-22H,6-7,12,17-20H2,1-5H3,(H,30,34). The molecule has 1 aromatic heterocycles. The lowest BCUT2D eigenvalue weighted by molar-refractivity contribution is -0.135. The molecule has 3 aromatic rings. The van der Waals surface area contributed by atoms with Crippen LogP contribution in [-0.2, 0) is 29.0 Å². The molecular formula is C29H40N4O2. The van der Waals surface area contributed by atoms with Gasteiger partial charge in [0.15, 0.2) is 0 Å². The maximum atomic E-state index is 13.2. The van der Waals surface area contributed by atoms with Gasteiger partial charge in [-0.1, -0.05) is 42.8 Å². The second-order valence-corrected chi connectivity index (χ2v) is 9.86. The Balaban J connectivity index is 1.53. The molecule has 188 valence electrons. The Hall–Kier alpha value is -3.15. The van der Waals surface area contributed by atoms with Gasteiger partial charge in [-0.2, -0.15) is 0 Å². The number of unbranched alkanes of at least 4 members (excludes halogenated alkanes) is 2. The number of carbonyl (C=O) groups is 2. The predicted octanol–water partition coefficient (Wildman–Crippen LogP) is 5.06. The first-order chi connectivity index (χ1) is 16.8. The Morgan fingerprint density at radius 1 is 0.943 bits per heavy atom. The van der Waals surface area contributed by atoms with Crippen molar-refractivity contribution in [3.8, 4) is 0 Å². The van der Waals surface area contributed by atoms with E-state index in [0.717, 1.165) is 53.7 Å². The van der Waals surface area contributed by atoms with Crippen LogP contribution in [0.1, 0.15) is 63.9 Å². The number of amides is 2. The number of para-hydroxylation sites is 2. The van der Waals surface area contributed by atoms with Crippen molar-refractivity contribution in [1.82, 2.24) is 19.8 Å². The van der Waals surface area contributed by atoms with Gasteiger partial charge in [-0.05, 0) is 70.7 Å². The second kappa shape index (κ2) is 12.5. The maximum Gasteiger partial charge on any atom is 0.243 e. The van der Waals surface area contributed by atoms with Crippen LogP contribution < -0.4 is 5.32 Å². The summed E-state index contributed by atoms with van der Waals surface area (Å²) in [6.07, 6.45) is 4.11. The Morgan fingerprint density at radius 2 is 1.63 bits per heavy atom. The van der Waals surface area contributed by atoms with Gasteiger partial charge in [-0.15, -0.1) is 0 Å². The van der Waals surface area contributed by atoms with Crippen molar-refractivity contribution in [3.05, 3.63) is 65.5 Å². The topological polar surface area (TPSA) is 67.2 Å². The highest BCUT2D eigenvalue weighted by atomic mass is 16.2. The molecule has 0 fully saturated rings. The van der Waals surface area contributed by atoms with E-state index in [2.05, 4.69) is 37.6 Å². The summed E-state index contributed by atoms with van der Waals surface area (Å²) < 4.78 is 2.08. The first kappa shape index (κ1) is 26.5. The van der Waals surface area contributed by atoms with E-state index in [-0.39, 0.29) is 23.9 Å². The van der Waals surface area contributed by atoms with Crippen molar-refractivity contribution in [2.45, 2.75) is 85.4 Å². The molecule has 0 bridgehead atoms. The fraction of sp³-hybridized carbons (Fsp3) is 0.483. The number of fused-ring (bicyclic) bond motifs is 1. The summed E-state index contributed by atoms with van der Waals surface area (Å²) >= 11 is 0. The van der Waals surface area contributed by atoms with Crippen molar-refractivity contribution >= 4 is 22.8 Å². The average Bonchev–Trinajstić information content (AvgIpc) is 3.14. The second-order valence-electron chi connectivity index (χ2n) is 9.86. The van der Waals surface area contributed by atoms with Gasteiger partial charge in [0.25, 0.3) is 0 Å². The number of hydrogen-bond donors (Lipinski definition) is 1. The van der Waals surface area contributed by atoms with Crippen LogP contribution in [-0.4, -0.2) is 44.9 Å². The van der Waals surface area contributed by atoms with Gasteiger partial charge in [0.05, 0.1) is 17.5 Å². The Labute approximate surface area is 209 Å². The highest BCUT2D eigenvalue weighted by Crippen LogP contribution is 2.19. The van der Waals surface area contributed by atoms with Crippen LogP contribution in [0.15, 0.2) is 48.5 Å². The average molecular weight is 477 g/mol. The number of hydrogen-bond acceptors (Lipinski definition) is 3. The Morgan fingerprint density at radius 3 is 2.34 bits per heavy atom. The van der Waals surface area contributed by atoms with E-state index in [9.17, 15) is 9.59 Å². The molecule has 0 saturated heterocycles. The zero-order chi connectivity index (χ0) is 25.4. The molecule has 6 nitrogen and oxygen atoms in total. The highest BCUT2D eigenvalue weighted by molar-refractivity contribution is 5.81. The molecule has 1 N–H and O–H groups in total. The van der Waals surface area contributed by atoms with Gasteiger partial charge < -0.3 is 14.8 Å². The minimum Gasteiger partial charge on any atom is -0.356 e. The third-order valence-corrected chi connectivity index (χ3v) is 6.44. The van der Waals surface area contributed by atoms with Gasteiger partial charge in [0, 0.05) is 25.0 Å². The minimum absolute atomic E-state index is 0.0689. The fourth-order valence-corrected chi connectivity index (χ4v) is 4.74. The minimum atomic E-state index is 0.0689. The van der Waals surface area contributed by atoms with Crippen molar-refractivity contribution in [1.29, 1.82) is 0 Å². The van der Waals surface area contributed by atoms with E-state index >= 15 is 0 Å². The van der Waals surface area contributed by atoms with Crippen molar-refractivity contribution in [2.24, 2.45) is 0 Å². The Bertz CT molecular complexity index is 1120. The van der Waals surface area contributed by atoms with Crippen LogP contribution in [0.4, 0.5) is 0 Å².